The van der Waals surface area contributed by atoms with E-state index in [0.29, 0.717) is 58.4 Å². The molecule has 0 bridgehead atoms. The molecule has 1 aromatic carbocycles. The van der Waals surface area contributed by atoms with Crippen LogP contribution in [0.5, 0.6) is 0 Å². The van der Waals surface area contributed by atoms with E-state index in [1.54, 1.807) is 51.1 Å². The van der Waals surface area contributed by atoms with E-state index in [1.807, 2.05) is 0 Å². The van der Waals surface area contributed by atoms with Gasteiger partial charge in [0.15, 0.2) is 0 Å². The molecule has 8 nitrogen and oxygen atoms in total. The van der Waals surface area contributed by atoms with E-state index in [-0.39, 0.29) is 17.4 Å². The highest BCUT2D eigenvalue weighted by Crippen LogP contribution is 2.48. The fraction of sp³-hybridized carbons (Fsp3) is 0.323. The first-order valence-corrected chi connectivity index (χ1v) is 13.9. The predicted molar refractivity (Wildman–Crippen MR) is 155 cm³/mol. The number of pyridine rings is 1. The Morgan fingerprint density at radius 3 is 2.66 bits per heavy atom. The molecule has 2 unspecified atom stereocenters. The number of nitrogens with one attached hydrogen (secondary N) is 1. The molecule has 3 heterocycles. The number of aromatic nitrogens is 3. The van der Waals surface area contributed by atoms with E-state index in [4.69, 9.17) is 17.3 Å². The second-order valence-electron chi connectivity index (χ2n) is 11.6. The maximum absolute atomic E-state index is 16.1. The maximum atomic E-state index is 16.1. The molecule has 2 aliphatic carbocycles. The molecule has 0 aliphatic heterocycles. The monoisotopic (exact) mass is 576 g/mol. The second-order valence-corrected chi connectivity index (χ2v) is 12.0. The summed E-state index contributed by atoms with van der Waals surface area (Å²) in [4.78, 5) is 42.5. The highest BCUT2D eigenvalue weighted by atomic mass is 35.5. The van der Waals surface area contributed by atoms with Gasteiger partial charge in [0.25, 0.3) is 5.56 Å². The maximum Gasteiger partial charge on any atom is 0.340 e. The van der Waals surface area contributed by atoms with Crippen LogP contribution in [0.25, 0.3) is 16.8 Å². The van der Waals surface area contributed by atoms with Gasteiger partial charge in [-0.2, -0.15) is 0 Å². The van der Waals surface area contributed by atoms with Crippen LogP contribution in [0, 0.1) is 12.8 Å². The van der Waals surface area contributed by atoms with Crippen LogP contribution in [0.3, 0.4) is 0 Å². The summed E-state index contributed by atoms with van der Waals surface area (Å²) in [6, 6.07) is 9.60. The number of aliphatic hydroxyl groups is 1. The fourth-order valence-electron chi connectivity index (χ4n) is 6.47. The minimum atomic E-state index is -0.896. The molecule has 1 amide bonds. The van der Waals surface area contributed by atoms with Gasteiger partial charge in [0.05, 0.1) is 27.7 Å². The first kappa shape index (κ1) is 27.2. The lowest BCUT2D eigenvalue weighted by molar-refractivity contribution is -0.119. The van der Waals surface area contributed by atoms with Crippen molar-refractivity contribution in [3.63, 3.8) is 0 Å². The summed E-state index contributed by atoms with van der Waals surface area (Å²) in [6.45, 7) is 5.30. The van der Waals surface area contributed by atoms with Gasteiger partial charge in [-0.15, -0.1) is 0 Å². The van der Waals surface area contributed by atoms with Crippen LogP contribution in [0.2, 0.25) is 5.02 Å². The highest BCUT2D eigenvalue weighted by molar-refractivity contribution is 6.33. The van der Waals surface area contributed by atoms with E-state index in [2.05, 4.69) is 4.98 Å². The lowest BCUT2D eigenvalue weighted by atomic mass is 9.75. The first-order valence-electron chi connectivity index (χ1n) is 13.6. The van der Waals surface area contributed by atoms with Crippen molar-refractivity contribution >= 4 is 28.6 Å². The molecule has 0 radical (unpaired) electrons. The zero-order valence-electron chi connectivity index (χ0n) is 22.9. The van der Waals surface area contributed by atoms with Gasteiger partial charge in [-0.25, -0.2) is 13.8 Å². The number of nitrogens with two attached hydrogens (primary N) is 1. The zero-order chi connectivity index (χ0) is 29.4. The van der Waals surface area contributed by atoms with Crippen molar-refractivity contribution in [2.75, 3.05) is 0 Å². The lowest BCUT2D eigenvalue weighted by Crippen LogP contribution is -2.36. The summed E-state index contributed by atoms with van der Waals surface area (Å²) in [5, 5.41) is 10.9. The van der Waals surface area contributed by atoms with E-state index < -0.39 is 34.5 Å². The van der Waals surface area contributed by atoms with Crippen molar-refractivity contribution < 1.29 is 14.3 Å². The molecule has 0 spiro atoms. The molecular formula is C31H30ClFN4O4. The Morgan fingerprint density at radius 1 is 1.20 bits per heavy atom. The van der Waals surface area contributed by atoms with Crippen LogP contribution in [0.4, 0.5) is 4.39 Å². The summed E-state index contributed by atoms with van der Waals surface area (Å²) in [6.07, 6.45) is 3.17. The number of carbonyl (C=O) groups is 1. The molecule has 212 valence electrons. The number of benzene rings is 1. The zero-order valence-corrected chi connectivity index (χ0v) is 23.7. The van der Waals surface area contributed by atoms with Crippen molar-refractivity contribution in [1.82, 2.24) is 14.0 Å². The van der Waals surface area contributed by atoms with Gasteiger partial charge >= 0.3 is 5.69 Å². The number of hydrogen-bond acceptors (Lipinski definition) is 4. The molecule has 41 heavy (non-hydrogen) atoms. The number of allylic oxidation sites excluding steroid dienone is 1. The Morgan fingerprint density at radius 2 is 1.95 bits per heavy atom. The predicted octanol–water partition coefficient (Wildman–Crippen LogP) is 4.32. The van der Waals surface area contributed by atoms with Gasteiger partial charge in [-0.05, 0) is 80.8 Å². The molecule has 2 aliphatic rings. The number of amides is 1. The third-order valence-corrected chi connectivity index (χ3v) is 9.00. The van der Waals surface area contributed by atoms with Crippen molar-refractivity contribution in [3.8, 4) is 5.69 Å². The number of fused-ring (bicyclic) bond motifs is 4. The summed E-state index contributed by atoms with van der Waals surface area (Å²) in [5.41, 5.74) is 8.59. The summed E-state index contributed by atoms with van der Waals surface area (Å²) in [7, 11) is 0. The minimum Gasteiger partial charge on any atom is -0.390 e. The third-order valence-electron chi connectivity index (χ3n) is 8.69. The summed E-state index contributed by atoms with van der Waals surface area (Å²) < 4.78 is 18.5. The topological polar surface area (TPSA) is 123 Å². The number of primary amides is 1. The van der Waals surface area contributed by atoms with Crippen LogP contribution in [-0.2, 0) is 17.6 Å². The Kier molecular flexibility index (Phi) is 6.35. The minimum absolute atomic E-state index is 0.00858. The molecule has 0 fully saturated rings. The average molecular weight is 577 g/mol. The third kappa shape index (κ3) is 4.26. The van der Waals surface area contributed by atoms with Gasteiger partial charge in [-0.3, -0.25) is 14.0 Å². The largest absolute Gasteiger partial charge is 0.390 e. The van der Waals surface area contributed by atoms with E-state index in [1.165, 1.54) is 16.7 Å². The molecule has 0 saturated heterocycles. The number of aromatic amines is 1. The summed E-state index contributed by atoms with van der Waals surface area (Å²) >= 11 is 6.23. The number of carbonyl (C=O) groups excluding carboxylic acids is 1. The average Bonchev–Trinajstić information content (AvgIpc) is 3.28. The Hall–Kier alpha value is -3.95. The van der Waals surface area contributed by atoms with E-state index in [0.717, 1.165) is 15.8 Å². The standard InChI is InChI=1S/C31H30ClFN4O4/c1-15-17(6-4-8-23(15)37-25(38)14-24-20(32)7-5-11-36(24)30(37)40)26-21(33)13-19(29(34)39)28-27(26)18-10-9-16(31(2,3)41)12-22(18)35-28/h4-8,11,14,16,19,35,41H,9-10,12-13H2,1-3H3,(H2,34,39). The van der Waals surface area contributed by atoms with Gasteiger partial charge in [-0.1, -0.05) is 23.7 Å². The molecule has 2 atom stereocenters. The van der Waals surface area contributed by atoms with Crippen LogP contribution < -0.4 is 17.0 Å². The normalized spacial score (nSPS) is 18.9. The van der Waals surface area contributed by atoms with Crippen LogP contribution in [-0.4, -0.2) is 30.6 Å². The SMILES string of the molecule is Cc1c(C2=C(F)CC(C(N)=O)c3[nH]c4c(c32)CCC(C(C)(C)O)C4)cccc1-n1c(=O)cc2c(Cl)cccn2c1=O. The van der Waals surface area contributed by atoms with Gasteiger partial charge in [0.2, 0.25) is 5.91 Å². The molecule has 10 heteroatoms. The number of H-pyrrole nitrogens is 1. The molecule has 4 N–H and O–H groups in total. The molecule has 6 rings (SSSR count). The Balaban J connectivity index is 1.56. The molecule has 0 saturated carbocycles. The van der Waals surface area contributed by atoms with Crippen molar-refractivity contribution in [2.24, 2.45) is 11.7 Å². The van der Waals surface area contributed by atoms with Crippen molar-refractivity contribution in [2.45, 2.75) is 58.0 Å². The van der Waals surface area contributed by atoms with E-state index >= 15 is 4.39 Å². The van der Waals surface area contributed by atoms with Crippen molar-refractivity contribution in [3.05, 3.63) is 108 Å². The van der Waals surface area contributed by atoms with Crippen LogP contribution in [0.15, 0.2) is 58.0 Å². The van der Waals surface area contributed by atoms with Crippen LogP contribution in [0.1, 0.15) is 66.2 Å². The van der Waals surface area contributed by atoms with Gasteiger partial charge < -0.3 is 15.8 Å². The fourth-order valence-corrected chi connectivity index (χ4v) is 6.68. The smallest absolute Gasteiger partial charge is 0.340 e. The van der Waals surface area contributed by atoms with Crippen LogP contribution >= 0.6 is 11.6 Å². The lowest BCUT2D eigenvalue weighted by Gasteiger charge is -2.33. The molecule has 3 aromatic heterocycles. The Bertz CT molecular complexity index is 1910. The first-order chi connectivity index (χ1) is 19.4. The highest BCUT2D eigenvalue weighted by Gasteiger charge is 2.40. The second kappa shape index (κ2) is 9.56. The quantitative estimate of drug-likeness (QED) is 0.335. The van der Waals surface area contributed by atoms with Gasteiger partial charge in [0, 0.05) is 41.2 Å². The number of hydrogen-bond donors (Lipinski definition) is 3. The Labute approximate surface area is 239 Å². The molecule has 4 aromatic rings. The van der Waals surface area contributed by atoms with Crippen molar-refractivity contribution in [1.29, 1.82) is 0 Å². The number of halogens is 2. The molecular weight excluding hydrogens is 547 g/mol. The summed E-state index contributed by atoms with van der Waals surface area (Å²) in [5.74, 6) is -1.98. The number of nitrogens with zero attached hydrogens (tertiary/aromatic N) is 2. The number of rotatable bonds is 4. The van der Waals surface area contributed by atoms with Gasteiger partial charge in [0.1, 0.15) is 5.83 Å². The van der Waals surface area contributed by atoms with E-state index in [9.17, 15) is 19.5 Å².